The number of aliphatic imine (C=N–C) groups is 1. The monoisotopic (exact) mass is 514 g/mol. The molecule has 3 rings (SSSR count). The molecule has 2 atom stereocenters. The van der Waals surface area contributed by atoms with Crippen LogP contribution in [-0.2, 0) is 0 Å². The average molecular weight is 515 g/mol. The molecule has 7 heteroatoms. The van der Waals surface area contributed by atoms with E-state index in [2.05, 4.69) is 75.5 Å². The molecule has 2 N–H and O–H groups in total. The van der Waals surface area contributed by atoms with Crippen LogP contribution in [-0.4, -0.2) is 81.7 Å². The molecule has 0 saturated carbocycles. The first-order valence-electron chi connectivity index (χ1n) is 10.8. The molecule has 2 saturated heterocycles. The summed E-state index contributed by atoms with van der Waals surface area (Å²) in [6, 6.07) is 9.65. The van der Waals surface area contributed by atoms with Crippen LogP contribution in [0.15, 0.2) is 29.3 Å². The van der Waals surface area contributed by atoms with Crippen LogP contribution in [0.3, 0.4) is 0 Å². The summed E-state index contributed by atoms with van der Waals surface area (Å²) in [5, 5.41) is 7.08. The number of halogens is 1. The van der Waals surface area contributed by atoms with Gasteiger partial charge in [-0.05, 0) is 51.4 Å². The van der Waals surface area contributed by atoms with Crippen LogP contribution in [0, 0.1) is 0 Å². The highest BCUT2D eigenvalue weighted by atomic mass is 127. The number of hydrogen-bond donors (Lipinski definition) is 2. The molecule has 1 aromatic carbocycles. The van der Waals surface area contributed by atoms with Gasteiger partial charge in [0.15, 0.2) is 5.96 Å². The van der Waals surface area contributed by atoms with Crippen molar-refractivity contribution in [3.63, 3.8) is 0 Å². The van der Waals surface area contributed by atoms with E-state index in [-0.39, 0.29) is 30.0 Å². The molecule has 0 radical (unpaired) electrons. The zero-order valence-corrected chi connectivity index (χ0v) is 20.9. The molecule has 1 aromatic rings. The second kappa shape index (κ2) is 12.0. The zero-order valence-electron chi connectivity index (χ0n) is 18.5. The predicted molar refractivity (Wildman–Crippen MR) is 135 cm³/mol. The molecule has 0 bridgehead atoms. The van der Waals surface area contributed by atoms with Crippen LogP contribution >= 0.6 is 24.0 Å². The van der Waals surface area contributed by atoms with Crippen molar-refractivity contribution in [1.82, 2.24) is 20.4 Å². The van der Waals surface area contributed by atoms with Crippen LogP contribution < -0.4 is 15.5 Å². The highest BCUT2D eigenvalue weighted by Crippen LogP contribution is 2.23. The normalized spacial score (nSPS) is 20.8. The molecule has 0 aliphatic carbocycles. The molecule has 0 spiro atoms. The van der Waals surface area contributed by atoms with E-state index in [4.69, 9.17) is 0 Å². The number of anilines is 1. The summed E-state index contributed by atoms with van der Waals surface area (Å²) < 4.78 is 0. The lowest BCUT2D eigenvalue weighted by atomic mass is 10.1. The van der Waals surface area contributed by atoms with E-state index in [1.54, 1.807) is 0 Å². The maximum atomic E-state index is 4.44. The Morgan fingerprint density at radius 3 is 2.41 bits per heavy atom. The zero-order chi connectivity index (χ0) is 19.9. The van der Waals surface area contributed by atoms with Crippen LogP contribution in [0.5, 0.6) is 0 Å². The predicted octanol–water partition coefficient (Wildman–Crippen LogP) is 2.77. The van der Waals surface area contributed by atoms with Gasteiger partial charge in [-0.1, -0.05) is 12.1 Å². The van der Waals surface area contributed by atoms with Crippen LogP contribution in [0.2, 0.25) is 0 Å². The number of benzene rings is 1. The van der Waals surface area contributed by atoms with E-state index < -0.39 is 0 Å². The lowest BCUT2D eigenvalue weighted by molar-refractivity contribution is 0.120. The Morgan fingerprint density at radius 1 is 1.07 bits per heavy atom. The van der Waals surface area contributed by atoms with Gasteiger partial charge in [-0.25, -0.2) is 0 Å². The van der Waals surface area contributed by atoms with Crippen molar-refractivity contribution in [2.24, 2.45) is 4.99 Å². The molecule has 2 heterocycles. The van der Waals surface area contributed by atoms with E-state index in [0.29, 0.717) is 6.04 Å². The van der Waals surface area contributed by atoms with Crippen molar-refractivity contribution in [3.05, 3.63) is 29.8 Å². The minimum absolute atomic E-state index is 0. The van der Waals surface area contributed by atoms with Crippen molar-refractivity contribution in [3.8, 4) is 0 Å². The van der Waals surface area contributed by atoms with E-state index >= 15 is 0 Å². The Hall–Kier alpha value is -1.06. The molecule has 29 heavy (non-hydrogen) atoms. The first kappa shape index (κ1) is 24.2. The van der Waals surface area contributed by atoms with Crippen molar-refractivity contribution in [1.29, 1.82) is 0 Å². The highest BCUT2D eigenvalue weighted by molar-refractivity contribution is 14.0. The van der Waals surface area contributed by atoms with Gasteiger partial charge in [0.05, 0.1) is 6.04 Å². The van der Waals surface area contributed by atoms with E-state index in [0.717, 1.165) is 38.7 Å². The maximum Gasteiger partial charge on any atom is 0.191 e. The third kappa shape index (κ3) is 7.00. The summed E-state index contributed by atoms with van der Waals surface area (Å²) in [6.07, 6.45) is 2.61. The van der Waals surface area contributed by atoms with Gasteiger partial charge in [0.2, 0.25) is 0 Å². The first-order valence-corrected chi connectivity index (χ1v) is 10.8. The van der Waals surface area contributed by atoms with Crippen molar-refractivity contribution in [2.45, 2.75) is 38.8 Å². The lowest BCUT2D eigenvalue weighted by Crippen LogP contribution is -2.52. The number of hydrogen-bond acceptors (Lipinski definition) is 4. The summed E-state index contributed by atoms with van der Waals surface area (Å²) in [7, 11) is 4.05. The second-order valence-electron chi connectivity index (χ2n) is 8.30. The molecule has 0 amide bonds. The topological polar surface area (TPSA) is 46.1 Å². The van der Waals surface area contributed by atoms with Gasteiger partial charge in [0.1, 0.15) is 0 Å². The summed E-state index contributed by atoms with van der Waals surface area (Å²) in [4.78, 5) is 11.9. The fourth-order valence-electron chi connectivity index (χ4n) is 4.09. The molecule has 2 unspecified atom stereocenters. The highest BCUT2D eigenvalue weighted by Gasteiger charge is 2.19. The second-order valence-corrected chi connectivity index (χ2v) is 8.30. The summed E-state index contributed by atoms with van der Waals surface area (Å²) in [5.41, 5.74) is 2.65. The minimum Gasteiger partial charge on any atom is -0.372 e. The van der Waals surface area contributed by atoms with Gasteiger partial charge < -0.3 is 20.4 Å². The number of nitrogens with one attached hydrogen (secondary N) is 2. The van der Waals surface area contributed by atoms with E-state index in [1.165, 1.54) is 37.2 Å². The minimum atomic E-state index is 0. The van der Waals surface area contributed by atoms with Gasteiger partial charge in [-0.15, -0.1) is 24.0 Å². The number of guanidine groups is 1. The van der Waals surface area contributed by atoms with Gasteiger partial charge in [0.25, 0.3) is 0 Å². The number of likely N-dealkylation sites (N-methyl/N-ethyl adjacent to an activating group) is 1. The summed E-state index contributed by atoms with van der Waals surface area (Å²) in [5.74, 6) is 0.875. The smallest absolute Gasteiger partial charge is 0.191 e. The summed E-state index contributed by atoms with van der Waals surface area (Å²) >= 11 is 0. The van der Waals surface area contributed by atoms with E-state index in [9.17, 15) is 0 Å². The largest absolute Gasteiger partial charge is 0.372 e. The molecule has 2 aliphatic rings. The van der Waals surface area contributed by atoms with Crippen molar-refractivity contribution < 1.29 is 0 Å². The Morgan fingerprint density at radius 2 is 1.76 bits per heavy atom. The van der Waals surface area contributed by atoms with Crippen LogP contribution in [0.25, 0.3) is 0 Å². The fraction of sp³-hybridized carbons (Fsp3) is 0.682. The molecule has 164 valence electrons. The molecule has 2 aliphatic heterocycles. The fourth-order valence-corrected chi connectivity index (χ4v) is 4.09. The third-order valence-corrected chi connectivity index (χ3v) is 6.14. The lowest BCUT2D eigenvalue weighted by Gasteiger charge is -2.36. The SMILES string of the molecule is CN=C(NCC(C)N1CCN(C)CC1)NC(C)c1cccc(N2CCCC2)c1.I. The quantitative estimate of drug-likeness (QED) is 0.348. The molecular formula is C22H39IN6. The molecule has 2 fully saturated rings. The van der Waals surface area contributed by atoms with Gasteiger partial charge in [0, 0.05) is 64.6 Å². The molecule has 6 nitrogen and oxygen atoms in total. The van der Waals surface area contributed by atoms with Gasteiger partial charge in [-0.3, -0.25) is 9.89 Å². The van der Waals surface area contributed by atoms with Crippen molar-refractivity contribution >= 4 is 35.6 Å². The number of piperazine rings is 1. The standard InChI is InChI=1S/C22H38N6.HI/c1-18(27-14-12-26(4)13-15-27)17-24-22(23-3)25-19(2)20-8-7-9-21(16-20)28-10-5-6-11-28;/h7-9,16,18-19H,5-6,10-15,17H2,1-4H3,(H2,23,24,25);1H. The summed E-state index contributed by atoms with van der Waals surface area (Å²) in [6.45, 7) is 12.4. The Bertz CT molecular complexity index is 638. The van der Waals surface area contributed by atoms with Crippen molar-refractivity contribution in [2.75, 3.05) is 64.8 Å². The Labute approximate surface area is 194 Å². The first-order chi connectivity index (χ1) is 13.6. The van der Waals surface area contributed by atoms with Crippen LogP contribution in [0.4, 0.5) is 5.69 Å². The van der Waals surface area contributed by atoms with E-state index in [1.807, 2.05) is 7.05 Å². The molecular weight excluding hydrogens is 475 g/mol. The maximum absolute atomic E-state index is 4.44. The van der Waals surface area contributed by atoms with Gasteiger partial charge in [-0.2, -0.15) is 0 Å². The van der Waals surface area contributed by atoms with Gasteiger partial charge >= 0.3 is 0 Å². The molecule has 0 aromatic heterocycles. The number of rotatable bonds is 6. The Balaban J connectivity index is 0.00000300. The Kier molecular flexibility index (Phi) is 9.98. The third-order valence-electron chi connectivity index (χ3n) is 6.14. The van der Waals surface area contributed by atoms with Crippen LogP contribution in [0.1, 0.15) is 38.3 Å². The number of nitrogens with zero attached hydrogens (tertiary/aromatic N) is 4. The average Bonchev–Trinajstić information content (AvgIpc) is 3.26.